The molecule has 2 atom stereocenters. The first kappa shape index (κ1) is 20.2. The lowest BCUT2D eigenvalue weighted by atomic mass is 10.0. The van der Waals surface area contributed by atoms with Crippen LogP contribution in [0.25, 0.3) is 0 Å². The molecule has 0 bridgehead atoms. The van der Waals surface area contributed by atoms with Crippen molar-refractivity contribution in [3.8, 4) is 5.75 Å². The van der Waals surface area contributed by atoms with Crippen molar-refractivity contribution in [2.24, 2.45) is 5.92 Å². The summed E-state index contributed by atoms with van der Waals surface area (Å²) >= 11 is 0. The number of esters is 1. The van der Waals surface area contributed by atoms with Gasteiger partial charge in [0.05, 0.1) is 12.0 Å². The summed E-state index contributed by atoms with van der Waals surface area (Å²) in [5.74, 6) is -1.63. The second-order valence-corrected chi connectivity index (χ2v) is 6.74. The van der Waals surface area contributed by atoms with E-state index in [9.17, 15) is 26.4 Å². The summed E-state index contributed by atoms with van der Waals surface area (Å²) in [4.78, 5) is 11.4. The lowest BCUT2D eigenvalue weighted by Gasteiger charge is -2.21. The van der Waals surface area contributed by atoms with E-state index in [-0.39, 0.29) is 10.8 Å². The molecule has 0 aromatic heterocycles. The van der Waals surface area contributed by atoms with Gasteiger partial charge in [0.2, 0.25) is 10.0 Å². The van der Waals surface area contributed by atoms with Crippen molar-refractivity contribution in [1.82, 2.24) is 4.72 Å². The standard InChI is InChI=1S/C14H18F3NO5S/c1-4-9(2)12(13(19)22-3)18-24(20,21)11-7-5-10(6-8-11)23-14(15,16)17/h5-9,12,18H,4H2,1-3H3/t9-,12-/m1/s1. The van der Waals surface area contributed by atoms with Crippen LogP contribution in [0.4, 0.5) is 13.2 Å². The molecule has 0 aliphatic carbocycles. The molecule has 0 unspecified atom stereocenters. The first-order chi connectivity index (χ1) is 11.0. The normalized spacial score (nSPS) is 14.8. The van der Waals surface area contributed by atoms with Gasteiger partial charge in [-0.25, -0.2) is 8.42 Å². The molecule has 1 aromatic rings. The van der Waals surface area contributed by atoms with Crippen LogP contribution in [0.15, 0.2) is 29.2 Å². The van der Waals surface area contributed by atoms with E-state index in [0.29, 0.717) is 6.42 Å². The number of ether oxygens (including phenoxy) is 2. The summed E-state index contributed by atoms with van der Waals surface area (Å²) in [6.45, 7) is 3.45. The number of methoxy groups -OCH3 is 1. The Bertz CT molecular complexity index is 658. The highest BCUT2D eigenvalue weighted by Gasteiger charge is 2.32. The van der Waals surface area contributed by atoms with Gasteiger partial charge in [-0.15, -0.1) is 13.2 Å². The van der Waals surface area contributed by atoms with Gasteiger partial charge in [-0.3, -0.25) is 4.79 Å². The minimum absolute atomic E-state index is 0.297. The van der Waals surface area contributed by atoms with Gasteiger partial charge in [0.25, 0.3) is 0 Å². The highest BCUT2D eigenvalue weighted by molar-refractivity contribution is 7.89. The van der Waals surface area contributed by atoms with Gasteiger partial charge in [-0.2, -0.15) is 4.72 Å². The Labute approximate surface area is 138 Å². The van der Waals surface area contributed by atoms with E-state index < -0.39 is 34.1 Å². The average molecular weight is 369 g/mol. The maximum absolute atomic E-state index is 12.3. The molecule has 1 aromatic carbocycles. The van der Waals surface area contributed by atoms with Crippen molar-refractivity contribution in [2.45, 2.75) is 37.6 Å². The Balaban J connectivity index is 3.00. The Hall–Kier alpha value is -1.81. The average Bonchev–Trinajstić information content (AvgIpc) is 2.50. The van der Waals surface area contributed by atoms with Gasteiger partial charge < -0.3 is 9.47 Å². The van der Waals surface area contributed by atoms with Crippen LogP contribution in [-0.4, -0.2) is 33.9 Å². The van der Waals surface area contributed by atoms with Crippen molar-refractivity contribution < 1.29 is 35.9 Å². The molecule has 24 heavy (non-hydrogen) atoms. The molecule has 1 N–H and O–H groups in total. The molecule has 0 amide bonds. The molecule has 136 valence electrons. The maximum atomic E-state index is 12.3. The lowest BCUT2D eigenvalue weighted by Crippen LogP contribution is -2.45. The van der Waals surface area contributed by atoms with Gasteiger partial charge in [0.1, 0.15) is 11.8 Å². The molecule has 0 radical (unpaired) electrons. The Morgan fingerprint density at radius 1 is 1.25 bits per heavy atom. The maximum Gasteiger partial charge on any atom is 0.573 e. The molecule has 0 saturated carbocycles. The van der Waals surface area contributed by atoms with E-state index >= 15 is 0 Å². The number of halogens is 3. The van der Waals surface area contributed by atoms with Crippen LogP contribution < -0.4 is 9.46 Å². The summed E-state index contributed by atoms with van der Waals surface area (Å²) in [5, 5.41) is 0. The van der Waals surface area contributed by atoms with Crippen molar-refractivity contribution in [1.29, 1.82) is 0 Å². The van der Waals surface area contributed by atoms with Gasteiger partial charge >= 0.3 is 12.3 Å². The van der Waals surface area contributed by atoms with E-state index in [1.807, 2.05) is 0 Å². The zero-order chi connectivity index (χ0) is 18.5. The number of sulfonamides is 1. The van der Waals surface area contributed by atoms with E-state index in [1.54, 1.807) is 13.8 Å². The van der Waals surface area contributed by atoms with Crippen LogP contribution in [0.2, 0.25) is 0 Å². The highest BCUT2D eigenvalue weighted by Crippen LogP contribution is 2.24. The Kier molecular flexibility index (Phi) is 6.61. The zero-order valence-corrected chi connectivity index (χ0v) is 14.1. The Morgan fingerprint density at radius 2 is 1.79 bits per heavy atom. The predicted molar refractivity (Wildman–Crippen MR) is 78.7 cm³/mol. The van der Waals surface area contributed by atoms with E-state index in [4.69, 9.17) is 0 Å². The summed E-state index contributed by atoms with van der Waals surface area (Å²) in [7, 11) is -2.98. The summed E-state index contributed by atoms with van der Waals surface area (Å²) in [6, 6.07) is 2.55. The van der Waals surface area contributed by atoms with Crippen molar-refractivity contribution >= 4 is 16.0 Å². The van der Waals surface area contributed by atoms with Gasteiger partial charge in [0, 0.05) is 0 Å². The Morgan fingerprint density at radius 3 is 2.21 bits per heavy atom. The lowest BCUT2D eigenvalue weighted by molar-refractivity contribution is -0.274. The summed E-state index contributed by atoms with van der Waals surface area (Å²) < 4.78 is 71.4. The molecule has 0 aliphatic heterocycles. The van der Waals surface area contributed by atoms with Crippen LogP contribution >= 0.6 is 0 Å². The third kappa shape index (κ3) is 5.68. The van der Waals surface area contributed by atoms with Crippen molar-refractivity contribution in [3.63, 3.8) is 0 Å². The molecule has 0 fully saturated rings. The zero-order valence-electron chi connectivity index (χ0n) is 13.3. The molecule has 0 aliphatic rings. The number of alkyl halides is 3. The van der Waals surface area contributed by atoms with E-state index in [1.165, 1.54) is 0 Å². The molecule has 6 nitrogen and oxygen atoms in total. The fraction of sp³-hybridized carbons (Fsp3) is 0.500. The molecule has 10 heteroatoms. The predicted octanol–water partition coefficient (Wildman–Crippen LogP) is 2.45. The second-order valence-electron chi connectivity index (χ2n) is 5.03. The number of benzene rings is 1. The van der Waals surface area contributed by atoms with Crippen LogP contribution in [0.1, 0.15) is 20.3 Å². The van der Waals surface area contributed by atoms with Crippen molar-refractivity contribution in [2.75, 3.05) is 7.11 Å². The number of carbonyl (C=O) groups is 1. The number of hydrogen-bond donors (Lipinski definition) is 1. The highest BCUT2D eigenvalue weighted by atomic mass is 32.2. The van der Waals surface area contributed by atoms with Gasteiger partial charge in [-0.1, -0.05) is 20.3 Å². The second kappa shape index (κ2) is 7.84. The van der Waals surface area contributed by atoms with E-state index in [0.717, 1.165) is 31.4 Å². The van der Waals surface area contributed by atoms with Crippen molar-refractivity contribution in [3.05, 3.63) is 24.3 Å². The number of hydrogen-bond acceptors (Lipinski definition) is 5. The summed E-state index contributed by atoms with van der Waals surface area (Å²) in [6.07, 6.45) is -4.36. The smallest absolute Gasteiger partial charge is 0.468 e. The molecule has 0 saturated heterocycles. The largest absolute Gasteiger partial charge is 0.573 e. The van der Waals surface area contributed by atoms with Crippen LogP contribution in [0.5, 0.6) is 5.75 Å². The van der Waals surface area contributed by atoms with Crippen LogP contribution in [-0.2, 0) is 19.6 Å². The minimum atomic E-state index is -4.87. The molecule has 0 spiro atoms. The molecular formula is C14H18F3NO5S. The summed E-state index contributed by atoms with van der Waals surface area (Å²) in [5.41, 5.74) is 0. The van der Waals surface area contributed by atoms with Gasteiger partial charge in [-0.05, 0) is 30.2 Å². The first-order valence-corrected chi connectivity index (χ1v) is 8.44. The van der Waals surface area contributed by atoms with E-state index in [2.05, 4.69) is 14.2 Å². The fourth-order valence-corrected chi connectivity index (χ4v) is 3.11. The SMILES string of the molecule is CC[C@@H](C)[C@@H](NS(=O)(=O)c1ccc(OC(F)(F)F)cc1)C(=O)OC. The molecule has 0 heterocycles. The quantitative estimate of drug-likeness (QED) is 0.747. The van der Waals surface area contributed by atoms with Crippen LogP contribution in [0.3, 0.4) is 0 Å². The van der Waals surface area contributed by atoms with Gasteiger partial charge in [0.15, 0.2) is 0 Å². The minimum Gasteiger partial charge on any atom is -0.468 e. The monoisotopic (exact) mass is 369 g/mol. The third-order valence-electron chi connectivity index (χ3n) is 3.32. The topological polar surface area (TPSA) is 81.7 Å². The molecular weight excluding hydrogens is 351 g/mol. The van der Waals surface area contributed by atoms with Crippen LogP contribution in [0, 0.1) is 5.92 Å². The fourth-order valence-electron chi connectivity index (χ4n) is 1.81. The number of rotatable bonds is 7. The number of nitrogens with one attached hydrogen (secondary N) is 1. The third-order valence-corrected chi connectivity index (χ3v) is 4.77. The molecule has 1 rings (SSSR count). The first-order valence-electron chi connectivity index (χ1n) is 6.96. The number of carbonyl (C=O) groups excluding carboxylic acids is 1.